The number of benzene rings is 1. The topological polar surface area (TPSA) is 57.6 Å². The van der Waals surface area contributed by atoms with E-state index in [0.717, 1.165) is 30.2 Å². The van der Waals surface area contributed by atoms with E-state index in [9.17, 15) is 9.59 Å². The molecule has 1 N–H and O–H groups in total. The molecule has 20 heavy (non-hydrogen) atoms. The van der Waals surface area contributed by atoms with E-state index in [1.54, 1.807) is 12.1 Å². The quantitative estimate of drug-likeness (QED) is 0.812. The predicted molar refractivity (Wildman–Crippen MR) is 79.7 cm³/mol. The smallest absolute Gasteiger partial charge is 0.328 e. The lowest BCUT2D eigenvalue weighted by atomic mass is 10.0. The highest BCUT2D eigenvalue weighted by Crippen LogP contribution is 2.15. The molecule has 4 nitrogen and oxygen atoms in total. The fourth-order valence-electron chi connectivity index (χ4n) is 2.01. The van der Waals surface area contributed by atoms with Crippen molar-refractivity contribution in [3.63, 3.8) is 0 Å². The second-order valence-corrected chi connectivity index (χ2v) is 4.63. The summed E-state index contributed by atoms with van der Waals surface area (Å²) in [5.74, 6) is -0.962. The number of aliphatic carboxylic acids is 1. The molecule has 1 aromatic carbocycles. The van der Waals surface area contributed by atoms with Crippen molar-refractivity contribution < 1.29 is 14.7 Å². The first kappa shape index (κ1) is 16.0. The fourth-order valence-corrected chi connectivity index (χ4v) is 2.01. The van der Waals surface area contributed by atoms with Crippen LogP contribution in [0.5, 0.6) is 0 Å². The van der Waals surface area contributed by atoms with Gasteiger partial charge in [0.05, 0.1) is 0 Å². The van der Waals surface area contributed by atoms with Gasteiger partial charge in [-0.2, -0.15) is 0 Å². The Kier molecular flexibility index (Phi) is 5.97. The highest BCUT2D eigenvalue weighted by Gasteiger charge is 2.13. The Morgan fingerprint density at radius 1 is 1.30 bits per heavy atom. The normalized spacial score (nSPS) is 10.8. The highest BCUT2D eigenvalue weighted by atomic mass is 16.4. The Bertz CT molecular complexity index is 520. The van der Waals surface area contributed by atoms with Gasteiger partial charge in [0.25, 0.3) is 5.91 Å². The van der Waals surface area contributed by atoms with E-state index in [4.69, 9.17) is 5.11 Å². The van der Waals surface area contributed by atoms with Gasteiger partial charge >= 0.3 is 5.97 Å². The molecule has 0 bridgehead atoms. The first-order chi connectivity index (χ1) is 9.49. The van der Waals surface area contributed by atoms with Gasteiger partial charge < -0.3 is 10.0 Å². The van der Waals surface area contributed by atoms with Crippen LogP contribution in [0.2, 0.25) is 0 Å². The third-order valence-electron chi connectivity index (χ3n) is 3.08. The molecule has 1 rings (SSSR count). The molecule has 0 saturated carbocycles. The summed E-state index contributed by atoms with van der Waals surface area (Å²) < 4.78 is 0. The number of carboxylic acid groups (broad SMARTS) is 1. The molecule has 0 aliphatic rings. The SMILES string of the molecule is CCCN(CC)C(=O)c1ccc(/C=C/C(=O)O)c(C)c1. The summed E-state index contributed by atoms with van der Waals surface area (Å²) in [6.45, 7) is 7.31. The maximum atomic E-state index is 12.3. The molecule has 0 radical (unpaired) electrons. The molecule has 0 heterocycles. The number of hydrogen-bond acceptors (Lipinski definition) is 2. The summed E-state index contributed by atoms with van der Waals surface area (Å²) in [6.07, 6.45) is 3.56. The largest absolute Gasteiger partial charge is 0.478 e. The van der Waals surface area contributed by atoms with E-state index in [1.807, 2.05) is 31.7 Å². The van der Waals surface area contributed by atoms with Crippen LogP contribution in [0.1, 0.15) is 41.8 Å². The average molecular weight is 275 g/mol. The number of amides is 1. The number of aryl methyl sites for hydroxylation is 1. The van der Waals surface area contributed by atoms with Crippen molar-refractivity contribution in [3.8, 4) is 0 Å². The fraction of sp³-hybridized carbons (Fsp3) is 0.375. The van der Waals surface area contributed by atoms with Crippen LogP contribution in [0.15, 0.2) is 24.3 Å². The Balaban J connectivity index is 2.96. The summed E-state index contributed by atoms with van der Waals surface area (Å²) in [7, 11) is 0. The van der Waals surface area contributed by atoms with E-state index in [-0.39, 0.29) is 5.91 Å². The van der Waals surface area contributed by atoms with Crippen molar-refractivity contribution in [2.24, 2.45) is 0 Å². The maximum absolute atomic E-state index is 12.3. The number of carbonyl (C=O) groups excluding carboxylic acids is 1. The summed E-state index contributed by atoms with van der Waals surface area (Å²) >= 11 is 0. The van der Waals surface area contributed by atoms with E-state index < -0.39 is 5.97 Å². The van der Waals surface area contributed by atoms with Crippen molar-refractivity contribution in [2.75, 3.05) is 13.1 Å². The highest BCUT2D eigenvalue weighted by molar-refractivity contribution is 5.95. The molecule has 0 aliphatic heterocycles. The second kappa shape index (κ2) is 7.48. The van der Waals surface area contributed by atoms with E-state index >= 15 is 0 Å². The van der Waals surface area contributed by atoms with Gasteiger partial charge in [0.15, 0.2) is 0 Å². The lowest BCUT2D eigenvalue weighted by Gasteiger charge is -2.20. The zero-order valence-electron chi connectivity index (χ0n) is 12.2. The van der Waals surface area contributed by atoms with Crippen LogP contribution in [0.3, 0.4) is 0 Å². The summed E-state index contributed by atoms with van der Waals surface area (Å²) in [5.41, 5.74) is 2.34. The van der Waals surface area contributed by atoms with Crippen molar-refractivity contribution in [1.29, 1.82) is 0 Å². The monoisotopic (exact) mass is 275 g/mol. The van der Waals surface area contributed by atoms with Crippen molar-refractivity contribution in [2.45, 2.75) is 27.2 Å². The first-order valence-corrected chi connectivity index (χ1v) is 6.80. The first-order valence-electron chi connectivity index (χ1n) is 6.80. The molecule has 0 aliphatic carbocycles. The van der Waals surface area contributed by atoms with Crippen molar-refractivity contribution in [1.82, 2.24) is 4.90 Å². The Hall–Kier alpha value is -2.10. The lowest BCUT2D eigenvalue weighted by molar-refractivity contribution is -0.131. The zero-order valence-corrected chi connectivity index (χ0v) is 12.2. The van der Waals surface area contributed by atoms with Crippen LogP contribution in [0, 0.1) is 6.92 Å². The third kappa shape index (κ3) is 4.23. The number of rotatable bonds is 6. The van der Waals surface area contributed by atoms with Gasteiger partial charge in [-0.1, -0.05) is 13.0 Å². The molecule has 0 saturated heterocycles. The molecule has 0 unspecified atom stereocenters. The van der Waals surface area contributed by atoms with Crippen molar-refractivity contribution in [3.05, 3.63) is 41.0 Å². The number of carboxylic acids is 1. The lowest BCUT2D eigenvalue weighted by Crippen LogP contribution is -2.31. The van der Waals surface area contributed by atoms with E-state index in [2.05, 4.69) is 0 Å². The maximum Gasteiger partial charge on any atom is 0.328 e. The van der Waals surface area contributed by atoms with E-state index in [0.29, 0.717) is 12.1 Å². The minimum absolute atomic E-state index is 0.0196. The molecule has 108 valence electrons. The van der Waals surface area contributed by atoms with Gasteiger partial charge in [0, 0.05) is 24.7 Å². The number of hydrogen-bond donors (Lipinski definition) is 1. The minimum atomic E-state index is -0.982. The predicted octanol–water partition coefficient (Wildman–Crippen LogP) is 2.96. The molecule has 0 fully saturated rings. The molecular formula is C16H21NO3. The van der Waals surface area contributed by atoms with Gasteiger partial charge in [-0.15, -0.1) is 0 Å². The van der Waals surface area contributed by atoms with Crippen LogP contribution in [-0.2, 0) is 4.79 Å². The van der Waals surface area contributed by atoms with Crippen LogP contribution < -0.4 is 0 Å². The van der Waals surface area contributed by atoms with Gasteiger partial charge in [0.2, 0.25) is 0 Å². The van der Waals surface area contributed by atoms with Gasteiger partial charge in [-0.05, 0) is 49.6 Å². The van der Waals surface area contributed by atoms with Crippen LogP contribution in [0.25, 0.3) is 6.08 Å². The molecule has 1 aromatic rings. The Morgan fingerprint density at radius 3 is 2.50 bits per heavy atom. The molecule has 0 spiro atoms. The summed E-state index contributed by atoms with van der Waals surface area (Å²) in [6, 6.07) is 5.33. The molecular weight excluding hydrogens is 254 g/mol. The molecule has 1 amide bonds. The molecule has 4 heteroatoms. The van der Waals surface area contributed by atoms with Gasteiger partial charge in [0.1, 0.15) is 0 Å². The minimum Gasteiger partial charge on any atom is -0.478 e. The molecule has 0 atom stereocenters. The standard InChI is InChI=1S/C16H21NO3/c1-4-10-17(5-2)16(20)14-7-6-13(12(3)11-14)8-9-15(18)19/h6-9,11H,4-5,10H2,1-3H3,(H,18,19)/b9-8+. The van der Waals surface area contributed by atoms with Gasteiger partial charge in [-0.3, -0.25) is 4.79 Å². The number of carbonyl (C=O) groups is 2. The van der Waals surface area contributed by atoms with Crippen LogP contribution >= 0.6 is 0 Å². The molecule has 0 aromatic heterocycles. The van der Waals surface area contributed by atoms with E-state index in [1.165, 1.54) is 6.08 Å². The summed E-state index contributed by atoms with van der Waals surface area (Å²) in [5, 5.41) is 8.62. The number of nitrogens with zero attached hydrogens (tertiary/aromatic N) is 1. The second-order valence-electron chi connectivity index (χ2n) is 4.63. The Morgan fingerprint density at radius 2 is 2.00 bits per heavy atom. The van der Waals surface area contributed by atoms with Crippen molar-refractivity contribution >= 4 is 18.0 Å². The average Bonchev–Trinajstić information content (AvgIpc) is 2.42. The van der Waals surface area contributed by atoms with Gasteiger partial charge in [-0.25, -0.2) is 4.79 Å². The zero-order chi connectivity index (χ0) is 15.1. The van der Waals surface area contributed by atoms with Crippen LogP contribution in [0.4, 0.5) is 0 Å². The van der Waals surface area contributed by atoms with Crippen LogP contribution in [-0.4, -0.2) is 35.0 Å². The third-order valence-corrected chi connectivity index (χ3v) is 3.08. The summed E-state index contributed by atoms with van der Waals surface area (Å²) in [4.78, 5) is 24.6. The Labute approximate surface area is 119 Å².